The maximum atomic E-state index is 12.7. The minimum Gasteiger partial charge on any atom is -0.312 e. The first kappa shape index (κ1) is 16.1. The molecule has 0 aliphatic rings. The molecule has 5 nitrogen and oxygen atoms in total. The van der Waals surface area contributed by atoms with Crippen LogP contribution in [0.3, 0.4) is 0 Å². The summed E-state index contributed by atoms with van der Waals surface area (Å²) in [4.78, 5) is 5.39. The van der Waals surface area contributed by atoms with Crippen LogP contribution in [-0.4, -0.2) is 31.3 Å². The van der Waals surface area contributed by atoms with Gasteiger partial charge in [0.1, 0.15) is 0 Å². The summed E-state index contributed by atoms with van der Waals surface area (Å²) in [5.41, 5.74) is 0.729. The van der Waals surface area contributed by atoms with Gasteiger partial charge in [-0.3, -0.25) is 4.98 Å². The van der Waals surface area contributed by atoms with E-state index in [-0.39, 0.29) is 6.54 Å². The minimum atomic E-state index is -3.49. The highest BCUT2D eigenvalue weighted by Crippen LogP contribution is 2.25. The Hall–Kier alpha value is -1.28. The van der Waals surface area contributed by atoms with Gasteiger partial charge in [-0.2, -0.15) is 4.31 Å². The topological polar surface area (TPSA) is 62.3 Å². The van der Waals surface area contributed by atoms with Gasteiger partial charge in [-0.25, -0.2) is 8.42 Å². The first-order chi connectivity index (χ1) is 10.1. The van der Waals surface area contributed by atoms with E-state index in [0.29, 0.717) is 11.4 Å². The second-order valence-electron chi connectivity index (χ2n) is 4.57. The third-order valence-electron chi connectivity index (χ3n) is 3.04. The van der Waals surface area contributed by atoms with E-state index in [1.807, 2.05) is 30.5 Å². The molecule has 1 N–H and O–H groups in total. The number of hydrogen-bond donors (Lipinski definition) is 1. The Morgan fingerprint density at radius 1 is 1.33 bits per heavy atom. The number of aromatic nitrogens is 1. The molecule has 0 aliphatic carbocycles. The van der Waals surface area contributed by atoms with Crippen LogP contribution in [0.5, 0.6) is 0 Å². The molecule has 114 valence electrons. The van der Waals surface area contributed by atoms with Gasteiger partial charge in [-0.15, -0.1) is 11.3 Å². The molecule has 2 aromatic heterocycles. The Kier molecular flexibility index (Phi) is 5.46. The van der Waals surface area contributed by atoms with Gasteiger partial charge in [-0.1, -0.05) is 13.0 Å². The van der Waals surface area contributed by atoms with Gasteiger partial charge in [0.05, 0.1) is 17.1 Å². The van der Waals surface area contributed by atoms with Crippen molar-refractivity contribution in [2.45, 2.75) is 24.9 Å². The highest BCUT2D eigenvalue weighted by Gasteiger charge is 2.25. The maximum absolute atomic E-state index is 12.7. The van der Waals surface area contributed by atoms with Gasteiger partial charge in [0.25, 0.3) is 0 Å². The second kappa shape index (κ2) is 7.13. The fourth-order valence-electron chi connectivity index (χ4n) is 1.90. The predicted octanol–water partition coefficient (Wildman–Crippen LogP) is 2.07. The van der Waals surface area contributed by atoms with Crippen LogP contribution in [0.1, 0.15) is 17.5 Å². The fourth-order valence-corrected chi connectivity index (χ4v) is 4.42. The molecule has 0 spiro atoms. The van der Waals surface area contributed by atoms with Gasteiger partial charge in [-0.05, 0) is 30.1 Å². The molecule has 0 saturated carbocycles. The second-order valence-corrected chi connectivity index (χ2v) is 7.58. The van der Waals surface area contributed by atoms with E-state index in [9.17, 15) is 8.42 Å². The van der Waals surface area contributed by atoms with Gasteiger partial charge >= 0.3 is 0 Å². The summed E-state index contributed by atoms with van der Waals surface area (Å²) in [6.07, 6.45) is 1.66. The van der Waals surface area contributed by atoms with E-state index in [1.54, 1.807) is 19.3 Å². The van der Waals surface area contributed by atoms with Crippen molar-refractivity contribution >= 4 is 21.4 Å². The Labute approximate surface area is 129 Å². The van der Waals surface area contributed by atoms with Crippen molar-refractivity contribution in [1.82, 2.24) is 14.6 Å². The van der Waals surface area contributed by atoms with E-state index in [0.717, 1.165) is 17.1 Å². The summed E-state index contributed by atoms with van der Waals surface area (Å²) in [5.74, 6) is 0. The largest absolute Gasteiger partial charge is 0.312 e. The molecule has 0 saturated heterocycles. The van der Waals surface area contributed by atoms with Crippen LogP contribution in [-0.2, 0) is 23.1 Å². The fraction of sp³-hybridized carbons (Fsp3) is 0.357. The first-order valence-electron chi connectivity index (χ1n) is 6.69. The molecule has 0 radical (unpaired) electrons. The number of nitrogens with one attached hydrogen (secondary N) is 1. The molecular formula is C14H19N3O2S2. The van der Waals surface area contributed by atoms with Crippen LogP contribution in [0.15, 0.2) is 40.7 Å². The van der Waals surface area contributed by atoms with Gasteiger partial charge in [0.2, 0.25) is 10.0 Å². The molecule has 2 rings (SSSR count). The van der Waals surface area contributed by atoms with Crippen LogP contribution in [0.4, 0.5) is 0 Å². The predicted molar refractivity (Wildman–Crippen MR) is 84.6 cm³/mol. The summed E-state index contributed by atoms with van der Waals surface area (Å²) in [6.45, 7) is 3.63. The monoisotopic (exact) mass is 325 g/mol. The molecule has 0 fully saturated rings. The van der Waals surface area contributed by atoms with Crippen molar-refractivity contribution in [1.29, 1.82) is 0 Å². The van der Waals surface area contributed by atoms with Crippen LogP contribution in [0, 0.1) is 0 Å². The van der Waals surface area contributed by atoms with E-state index in [1.165, 1.54) is 15.6 Å². The van der Waals surface area contributed by atoms with Crippen LogP contribution in [0.2, 0.25) is 0 Å². The highest BCUT2D eigenvalue weighted by molar-refractivity contribution is 7.89. The number of rotatable bonds is 7. The van der Waals surface area contributed by atoms with Gasteiger partial charge in [0, 0.05) is 24.7 Å². The van der Waals surface area contributed by atoms with Crippen molar-refractivity contribution in [3.8, 4) is 0 Å². The Morgan fingerprint density at radius 3 is 2.81 bits per heavy atom. The number of hydrogen-bond acceptors (Lipinski definition) is 5. The molecule has 21 heavy (non-hydrogen) atoms. The third kappa shape index (κ3) is 3.88. The highest BCUT2D eigenvalue weighted by atomic mass is 32.2. The van der Waals surface area contributed by atoms with Crippen molar-refractivity contribution < 1.29 is 8.42 Å². The summed E-state index contributed by atoms with van der Waals surface area (Å²) in [5, 5.41) is 4.98. The zero-order chi connectivity index (χ0) is 15.3. The standard InChI is InChI=1S/C14H19N3O2S2/c1-3-15-10-13-14(7-9-20-13)21(18,19)17(2)11-12-6-4-5-8-16-12/h4-9,15H,3,10-11H2,1-2H3. The van der Waals surface area contributed by atoms with Gasteiger partial charge in [0.15, 0.2) is 0 Å². The molecule has 0 bridgehead atoms. The summed E-state index contributed by atoms with van der Waals surface area (Å²) in [6, 6.07) is 7.15. The van der Waals surface area contributed by atoms with Crippen molar-refractivity contribution in [3.05, 3.63) is 46.4 Å². The molecule has 0 atom stereocenters. The Morgan fingerprint density at radius 2 is 2.14 bits per heavy atom. The molecule has 2 aromatic rings. The van der Waals surface area contributed by atoms with Crippen LogP contribution >= 0.6 is 11.3 Å². The molecule has 0 aromatic carbocycles. The molecule has 0 unspecified atom stereocenters. The zero-order valence-corrected chi connectivity index (χ0v) is 13.7. The lowest BCUT2D eigenvalue weighted by Crippen LogP contribution is -2.27. The minimum absolute atomic E-state index is 0.264. The smallest absolute Gasteiger partial charge is 0.244 e. The van der Waals surface area contributed by atoms with E-state index in [2.05, 4.69) is 10.3 Å². The van der Waals surface area contributed by atoms with Crippen LogP contribution < -0.4 is 5.32 Å². The van der Waals surface area contributed by atoms with Crippen LogP contribution in [0.25, 0.3) is 0 Å². The van der Waals surface area contributed by atoms with E-state index < -0.39 is 10.0 Å². The van der Waals surface area contributed by atoms with E-state index in [4.69, 9.17) is 0 Å². The Bertz CT molecular complexity index is 669. The quantitative estimate of drug-likeness (QED) is 0.846. The van der Waals surface area contributed by atoms with Crippen molar-refractivity contribution in [2.75, 3.05) is 13.6 Å². The average molecular weight is 325 g/mol. The van der Waals surface area contributed by atoms with E-state index >= 15 is 0 Å². The number of thiophene rings is 1. The number of nitrogens with zero attached hydrogens (tertiary/aromatic N) is 2. The maximum Gasteiger partial charge on any atom is 0.244 e. The lowest BCUT2D eigenvalue weighted by atomic mass is 10.3. The van der Waals surface area contributed by atoms with Crippen molar-refractivity contribution in [3.63, 3.8) is 0 Å². The van der Waals surface area contributed by atoms with Gasteiger partial charge < -0.3 is 5.32 Å². The molecular weight excluding hydrogens is 306 g/mol. The lowest BCUT2D eigenvalue weighted by Gasteiger charge is -2.17. The Balaban J connectivity index is 2.19. The van der Waals surface area contributed by atoms with Crippen molar-refractivity contribution in [2.24, 2.45) is 0 Å². The molecule has 0 amide bonds. The summed E-state index contributed by atoms with van der Waals surface area (Å²) >= 11 is 1.46. The number of sulfonamides is 1. The SMILES string of the molecule is CCNCc1sccc1S(=O)(=O)N(C)Cc1ccccn1. The third-order valence-corrected chi connectivity index (χ3v) is 5.98. The molecule has 0 aliphatic heterocycles. The first-order valence-corrected chi connectivity index (χ1v) is 9.01. The molecule has 2 heterocycles. The normalized spacial score (nSPS) is 12.0. The summed E-state index contributed by atoms with van der Waals surface area (Å²) < 4.78 is 26.7. The zero-order valence-electron chi connectivity index (χ0n) is 12.1. The number of pyridine rings is 1. The average Bonchev–Trinajstić information content (AvgIpc) is 2.95. The lowest BCUT2D eigenvalue weighted by molar-refractivity contribution is 0.461. The molecule has 7 heteroatoms. The summed E-state index contributed by atoms with van der Waals surface area (Å²) in [7, 11) is -1.91.